The number of aromatic nitrogens is 1. The lowest BCUT2D eigenvalue weighted by atomic mass is 9.98. The Morgan fingerprint density at radius 1 is 1.10 bits per heavy atom. The number of methoxy groups -OCH3 is 1. The molecular formula is C17H12FNO2. The van der Waals surface area contributed by atoms with E-state index in [-0.39, 0.29) is 11.3 Å². The summed E-state index contributed by atoms with van der Waals surface area (Å²) in [5, 5.41) is 1.57. The molecule has 4 heteroatoms. The maximum absolute atomic E-state index is 14.1. The number of fused-ring (bicyclic) bond motifs is 1. The largest absolute Gasteiger partial charge is 0.496 e. The lowest BCUT2D eigenvalue weighted by Crippen LogP contribution is -2.08. The van der Waals surface area contributed by atoms with Gasteiger partial charge in [0.15, 0.2) is 0 Å². The van der Waals surface area contributed by atoms with Gasteiger partial charge in [0, 0.05) is 23.3 Å². The van der Waals surface area contributed by atoms with E-state index < -0.39 is 11.6 Å². The molecule has 0 amide bonds. The normalized spacial score (nSPS) is 10.6. The quantitative estimate of drug-likeness (QED) is 0.688. The van der Waals surface area contributed by atoms with E-state index in [9.17, 15) is 9.18 Å². The molecule has 1 heterocycles. The first-order valence-electron chi connectivity index (χ1n) is 6.42. The molecule has 3 rings (SSSR count). The van der Waals surface area contributed by atoms with Crippen molar-refractivity contribution in [2.75, 3.05) is 7.11 Å². The Hall–Kier alpha value is -2.75. The van der Waals surface area contributed by atoms with E-state index in [1.165, 1.54) is 25.4 Å². The van der Waals surface area contributed by atoms with Crippen LogP contribution in [-0.4, -0.2) is 17.9 Å². The predicted molar refractivity (Wildman–Crippen MR) is 78.1 cm³/mol. The Morgan fingerprint density at radius 3 is 2.71 bits per heavy atom. The Bertz CT molecular complexity index is 825. The summed E-state index contributed by atoms with van der Waals surface area (Å²) in [5.41, 5.74) is 0.287. The van der Waals surface area contributed by atoms with E-state index in [2.05, 4.69) is 4.98 Å². The first-order valence-corrected chi connectivity index (χ1v) is 6.42. The summed E-state index contributed by atoms with van der Waals surface area (Å²) < 4.78 is 19.2. The van der Waals surface area contributed by atoms with E-state index in [0.717, 1.165) is 10.8 Å². The molecule has 0 aliphatic rings. The molecule has 0 fully saturated rings. The van der Waals surface area contributed by atoms with Gasteiger partial charge >= 0.3 is 0 Å². The second-order valence-electron chi connectivity index (χ2n) is 4.55. The molecule has 2 aromatic carbocycles. The second kappa shape index (κ2) is 5.32. The number of nitrogens with zero attached hydrogens (tertiary/aromatic N) is 1. The molecule has 0 atom stereocenters. The van der Waals surface area contributed by atoms with E-state index in [1.807, 2.05) is 24.3 Å². The van der Waals surface area contributed by atoms with Crippen molar-refractivity contribution in [1.82, 2.24) is 4.98 Å². The summed E-state index contributed by atoms with van der Waals surface area (Å²) in [5.74, 6) is -0.825. The molecule has 1 aromatic heterocycles. The lowest BCUT2D eigenvalue weighted by Gasteiger charge is -2.10. The number of carbonyl (C=O) groups excluding carboxylic acids is 1. The lowest BCUT2D eigenvalue weighted by molar-refractivity contribution is 0.103. The molecular weight excluding hydrogens is 269 g/mol. The van der Waals surface area contributed by atoms with Crippen LogP contribution >= 0.6 is 0 Å². The van der Waals surface area contributed by atoms with Gasteiger partial charge in [0.05, 0.1) is 7.11 Å². The van der Waals surface area contributed by atoms with E-state index in [4.69, 9.17) is 4.74 Å². The minimum absolute atomic E-state index is 0.0712. The second-order valence-corrected chi connectivity index (χ2v) is 4.55. The monoisotopic (exact) mass is 281 g/mol. The average molecular weight is 281 g/mol. The first kappa shape index (κ1) is 13.2. The van der Waals surface area contributed by atoms with Crippen LogP contribution in [0.4, 0.5) is 4.39 Å². The number of carbonyl (C=O) groups is 1. The van der Waals surface area contributed by atoms with Crippen molar-refractivity contribution in [3.63, 3.8) is 0 Å². The van der Waals surface area contributed by atoms with Crippen molar-refractivity contribution in [2.45, 2.75) is 0 Å². The third kappa shape index (κ3) is 2.25. The minimum atomic E-state index is -0.604. The molecule has 104 valence electrons. The Morgan fingerprint density at radius 2 is 1.90 bits per heavy atom. The SMILES string of the molecule is COc1cccc(F)c1C(=O)c1cncc2ccccc12. The van der Waals surface area contributed by atoms with Crippen molar-refractivity contribution >= 4 is 16.6 Å². The van der Waals surface area contributed by atoms with E-state index in [0.29, 0.717) is 5.56 Å². The number of benzene rings is 2. The fourth-order valence-corrected chi connectivity index (χ4v) is 2.33. The molecule has 0 bridgehead atoms. The van der Waals surface area contributed by atoms with Gasteiger partial charge in [-0.1, -0.05) is 30.3 Å². The maximum atomic E-state index is 14.1. The summed E-state index contributed by atoms with van der Waals surface area (Å²) >= 11 is 0. The van der Waals surface area contributed by atoms with Gasteiger partial charge in [-0.15, -0.1) is 0 Å². The van der Waals surface area contributed by atoms with Gasteiger partial charge in [-0.05, 0) is 17.5 Å². The van der Waals surface area contributed by atoms with Crippen molar-refractivity contribution in [3.05, 3.63) is 71.8 Å². The molecule has 0 N–H and O–H groups in total. The number of hydrogen-bond donors (Lipinski definition) is 0. The van der Waals surface area contributed by atoms with Gasteiger partial charge in [0.2, 0.25) is 5.78 Å². The average Bonchev–Trinajstić information content (AvgIpc) is 2.53. The first-order chi connectivity index (χ1) is 10.2. The van der Waals surface area contributed by atoms with Crippen molar-refractivity contribution in [3.8, 4) is 5.75 Å². The molecule has 0 saturated carbocycles. The molecule has 0 radical (unpaired) electrons. The fourth-order valence-electron chi connectivity index (χ4n) is 2.33. The topological polar surface area (TPSA) is 39.2 Å². The highest BCUT2D eigenvalue weighted by atomic mass is 19.1. The molecule has 3 aromatic rings. The highest BCUT2D eigenvalue weighted by Gasteiger charge is 2.21. The Kier molecular flexibility index (Phi) is 3.36. The van der Waals surface area contributed by atoms with E-state index >= 15 is 0 Å². The van der Waals surface area contributed by atoms with Gasteiger partial charge in [0.25, 0.3) is 0 Å². The summed E-state index contributed by atoms with van der Waals surface area (Å²) in [7, 11) is 1.41. The van der Waals surface area contributed by atoms with Crippen molar-refractivity contribution < 1.29 is 13.9 Å². The number of pyridine rings is 1. The van der Waals surface area contributed by atoms with Crippen LogP contribution < -0.4 is 4.74 Å². The van der Waals surface area contributed by atoms with Crippen LogP contribution in [0.2, 0.25) is 0 Å². The summed E-state index contributed by atoms with van der Waals surface area (Å²) in [6.45, 7) is 0. The Labute approximate surface area is 121 Å². The zero-order chi connectivity index (χ0) is 14.8. The number of ketones is 1. The molecule has 21 heavy (non-hydrogen) atoms. The Balaban J connectivity index is 2.23. The molecule has 0 saturated heterocycles. The van der Waals surface area contributed by atoms with Crippen molar-refractivity contribution in [1.29, 1.82) is 0 Å². The molecule has 3 nitrogen and oxygen atoms in total. The maximum Gasteiger partial charge on any atom is 0.201 e. The highest BCUT2D eigenvalue weighted by Crippen LogP contribution is 2.27. The van der Waals surface area contributed by atoms with Gasteiger partial charge in [-0.2, -0.15) is 0 Å². The number of ether oxygens (including phenoxy) is 1. The van der Waals surface area contributed by atoms with Crippen molar-refractivity contribution in [2.24, 2.45) is 0 Å². The van der Waals surface area contributed by atoms with Crippen LogP contribution in [-0.2, 0) is 0 Å². The van der Waals surface area contributed by atoms with Crippen LogP contribution in [0.1, 0.15) is 15.9 Å². The van der Waals surface area contributed by atoms with Crippen LogP contribution in [0.15, 0.2) is 54.9 Å². The standard InChI is InChI=1S/C17H12FNO2/c1-21-15-8-4-7-14(18)16(15)17(20)13-10-19-9-11-5-2-3-6-12(11)13/h2-10H,1H3. The van der Waals surface area contributed by atoms with Gasteiger partial charge in [-0.3, -0.25) is 9.78 Å². The van der Waals surface area contributed by atoms with Crippen LogP contribution in [0.5, 0.6) is 5.75 Å². The molecule has 0 aliphatic heterocycles. The summed E-state index contributed by atoms with van der Waals surface area (Å²) in [4.78, 5) is 16.8. The third-order valence-corrected chi connectivity index (χ3v) is 3.34. The van der Waals surface area contributed by atoms with Gasteiger partial charge in [-0.25, -0.2) is 4.39 Å². The fraction of sp³-hybridized carbons (Fsp3) is 0.0588. The van der Waals surface area contributed by atoms with Crippen LogP contribution in [0, 0.1) is 5.82 Å². The van der Waals surface area contributed by atoms with E-state index in [1.54, 1.807) is 12.3 Å². The number of rotatable bonds is 3. The third-order valence-electron chi connectivity index (χ3n) is 3.34. The van der Waals surface area contributed by atoms with Crippen LogP contribution in [0.25, 0.3) is 10.8 Å². The summed E-state index contributed by atoms with van der Waals surface area (Å²) in [6, 6.07) is 11.7. The zero-order valence-electron chi connectivity index (χ0n) is 11.3. The summed E-state index contributed by atoms with van der Waals surface area (Å²) in [6.07, 6.45) is 3.13. The smallest absolute Gasteiger partial charge is 0.201 e. The molecule has 0 spiro atoms. The molecule has 0 unspecified atom stereocenters. The predicted octanol–water partition coefficient (Wildman–Crippen LogP) is 3.61. The molecule has 0 aliphatic carbocycles. The number of hydrogen-bond acceptors (Lipinski definition) is 3. The minimum Gasteiger partial charge on any atom is -0.496 e. The van der Waals surface area contributed by atoms with Gasteiger partial charge < -0.3 is 4.74 Å². The van der Waals surface area contributed by atoms with Crippen LogP contribution in [0.3, 0.4) is 0 Å². The van der Waals surface area contributed by atoms with Gasteiger partial charge in [0.1, 0.15) is 17.1 Å². The number of halogens is 1. The zero-order valence-corrected chi connectivity index (χ0v) is 11.3. The highest BCUT2D eigenvalue weighted by molar-refractivity contribution is 6.17.